The Balaban J connectivity index is 1.77. The maximum atomic E-state index is 13.5. The molecule has 4 nitrogen and oxygen atoms in total. The Kier molecular flexibility index (Phi) is 5.99. The second-order valence-corrected chi connectivity index (χ2v) is 7.84. The van der Waals surface area contributed by atoms with Crippen molar-refractivity contribution in [3.8, 4) is 0 Å². The summed E-state index contributed by atoms with van der Waals surface area (Å²) in [4.78, 5) is 29.5. The number of fused-ring (bicyclic) bond motifs is 1. The van der Waals surface area contributed by atoms with Crippen LogP contribution in [0.25, 0.3) is 6.08 Å². The molecule has 0 saturated carbocycles. The molecular formula is C27H26N2O2. The third-order valence-electron chi connectivity index (χ3n) is 5.70. The van der Waals surface area contributed by atoms with Crippen LogP contribution in [0.1, 0.15) is 37.4 Å². The predicted molar refractivity (Wildman–Crippen MR) is 126 cm³/mol. The Morgan fingerprint density at radius 1 is 0.903 bits per heavy atom. The summed E-state index contributed by atoms with van der Waals surface area (Å²) < 4.78 is 0. The molecule has 4 heteroatoms. The Labute approximate surface area is 183 Å². The van der Waals surface area contributed by atoms with Crippen molar-refractivity contribution in [2.75, 3.05) is 9.80 Å². The fourth-order valence-corrected chi connectivity index (χ4v) is 4.37. The highest BCUT2D eigenvalue weighted by Crippen LogP contribution is 2.42. The van der Waals surface area contributed by atoms with Crippen molar-refractivity contribution in [1.29, 1.82) is 0 Å². The molecule has 4 rings (SSSR count). The number of hydrogen-bond acceptors (Lipinski definition) is 2. The summed E-state index contributed by atoms with van der Waals surface area (Å²) in [5, 5.41) is 0. The third-order valence-corrected chi connectivity index (χ3v) is 5.70. The number of carbonyl (C=O) groups excluding carboxylic acids is 2. The van der Waals surface area contributed by atoms with Crippen LogP contribution in [0.3, 0.4) is 0 Å². The molecule has 31 heavy (non-hydrogen) atoms. The molecule has 0 bridgehead atoms. The normalized spacial score (nSPS) is 17.9. The van der Waals surface area contributed by atoms with Crippen LogP contribution in [0.2, 0.25) is 0 Å². The fourth-order valence-electron chi connectivity index (χ4n) is 4.37. The van der Waals surface area contributed by atoms with Gasteiger partial charge in [0.15, 0.2) is 0 Å². The van der Waals surface area contributed by atoms with E-state index in [1.54, 1.807) is 13.0 Å². The standard InChI is InChI=1S/C27H26N2O2/c1-20-19-26(24-15-9-10-16-25(24)28(20)21(2)30)29(23-13-7-4-8-14-23)27(31)18-17-22-11-5-3-6-12-22/h3-18,20,26H,19H2,1-2H3/b18-17+/t20-,26-/m0/s1. The molecule has 0 saturated heterocycles. The zero-order valence-electron chi connectivity index (χ0n) is 17.8. The lowest BCUT2D eigenvalue weighted by molar-refractivity contribution is -0.117. The van der Waals surface area contributed by atoms with Crippen molar-refractivity contribution in [2.24, 2.45) is 0 Å². The number of carbonyl (C=O) groups is 2. The van der Waals surface area contributed by atoms with Gasteiger partial charge in [0.2, 0.25) is 5.91 Å². The van der Waals surface area contributed by atoms with Crippen LogP contribution >= 0.6 is 0 Å². The zero-order valence-corrected chi connectivity index (χ0v) is 17.8. The molecule has 0 radical (unpaired) electrons. The van der Waals surface area contributed by atoms with Gasteiger partial charge in [-0.3, -0.25) is 9.59 Å². The summed E-state index contributed by atoms with van der Waals surface area (Å²) in [6, 6.07) is 27.2. The van der Waals surface area contributed by atoms with Crippen molar-refractivity contribution in [2.45, 2.75) is 32.4 Å². The minimum atomic E-state index is -0.169. The molecule has 0 N–H and O–H groups in total. The fraction of sp³-hybridized carbons (Fsp3) is 0.185. The van der Waals surface area contributed by atoms with Gasteiger partial charge < -0.3 is 9.80 Å². The first-order valence-electron chi connectivity index (χ1n) is 10.6. The van der Waals surface area contributed by atoms with Crippen molar-refractivity contribution in [1.82, 2.24) is 0 Å². The summed E-state index contributed by atoms with van der Waals surface area (Å²) in [5.74, 6) is -0.0710. The maximum absolute atomic E-state index is 13.5. The molecule has 0 unspecified atom stereocenters. The summed E-state index contributed by atoms with van der Waals surface area (Å²) in [7, 11) is 0. The first-order chi connectivity index (χ1) is 15.1. The van der Waals surface area contributed by atoms with Crippen LogP contribution in [0.4, 0.5) is 11.4 Å². The number of para-hydroxylation sites is 2. The highest BCUT2D eigenvalue weighted by Gasteiger charge is 2.37. The van der Waals surface area contributed by atoms with E-state index in [9.17, 15) is 9.59 Å². The smallest absolute Gasteiger partial charge is 0.251 e. The SMILES string of the molecule is CC(=O)N1c2ccccc2[C@@H](N(C(=O)/C=C/c2ccccc2)c2ccccc2)C[C@@H]1C. The van der Waals surface area contributed by atoms with Crippen LogP contribution in [0.5, 0.6) is 0 Å². The molecule has 1 aliphatic rings. The van der Waals surface area contributed by atoms with E-state index >= 15 is 0 Å². The highest BCUT2D eigenvalue weighted by atomic mass is 16.2. The zero-order chi connectivity index (χ0) is 21.8. The van der Waals surface area contributed by atoms with Crippen LogP contribution in [0, 0.1) is 0 Å². The number of rotatable bonds is 4. The largest absolute Gasteiger partial charge is 0.309 e. The van der Waals surface area contributed by atoms with Crippen molar-refractivity contribution < 1.29 is 9.59 Å². The molecule has 0 fully saturated rings. The highest BCUT2D eigenvalue weighted by molar-refractivity contribution is 6.05. The number of nitrogens with zero attached hydrogens (tertiary/aromatic N) is 2. The summed E-state index contributed by atoms with van der Waals surface area (Å²) in [5.41, 5.74) is 3.68. The van der Waals surface area contributed by atoms with E-state index in [0.29, 0.717) is 6.42 Å². The van der Waals surface area contributed by atoms with Gasteiger partial charge in [0.1, 0.15) is 0 Å². The Morgan fingerprint density at radius 3 is 2.19 bits per heavy atom. The van der Waals surface area contributed by atoms with Crippen molar-refractivity contribution in [3.63, 3.8) is 0 Å². The quantitative estimate of drug-likeness (QED) is 0.524. The molecule has 1 heterocycles. The summed E-state index contributed by atoms with van der Waals surface area (Å²) >= 11 is 0. The molecular weight excluding hydrogens is 384 g/mol. The van der Waals surface area contributed by atoms with Crippen molar-refractivity contribution in [3.05, 3.63) is 102 Å². The van der Waals surface area contributed by atoms with Gasteiger partial charge in [-0.15, -0.1) is 0 Å². The van der Waals surface area contributed by atoms with Gasteiger partial charge in [0.05, 0.1) is 6.04 Å². The lowest BCUT2D eigenvalue weighted by atomic mass is 9.90. The number of hydrogen-bond donors (Lipinski definition) is 0. The van der Waals surface area contributed by atoms with Gasteiger partial charge in [-0.25, -0.2) is 0 Å². The number of benzene rings is 3. The maximum Gasteiger partial charge on any atom is 0.251 e. The molecule has 2 atom stereocenters. The lowest BCUT2D eigenvalue weighted by Gasteiger charge is -2.43. The topological polar surface area (TPSA) is 40.6 Å². The summed E-state index contributed by atoms with van der Waals surface area (Å²) in [6.07, 6.45) is 4.14. The van der Waals surface area contributed by atoms with Gasteiger partial charge in [0.25, 0.3) is 5.91 Å². The van der Waals surface area contributed by atoms with Gasteiger partial charge >= 0.3 is 0 Å². The second-order valence-electron chi connectivity index (χ2n) is 7.84. The van der Waals surface area contributed by atoms with E-state index in [1.807, 2.05) is 108 Å². The monoisotopic (exact) mass is 410 g/mol. The second kappa shape index (κ2) is 9.00. The molecule has 0 aliphatic carbocycles. The number of amides is 2. The average molecular weight is 411 g/mol. The number of anilines is 2. The molecule has 1 aliphatic heterocycles. The van der Waals surface area contributed by atoms with Crippen LogP contribution in [-0.2, 0) is 9.59 Å². The predicted octanol–water partition coefficient (Wildman–Crippen LogP) is 5.62. The Morgan fingerprint density at radius 2 is 1.52 bits per heavy atom. The van der Waals surface area contributed by atoms with Gasteiger partial charge in [-0.1, -0.05) is 66.7 Å². The van der Waals surface area contributed by atoms with Gasteiger partial charge in [-0.2, -0.15) is 0 Å². The first kappa shape index (κ1) is 20.6. The Bertz CT molecular complexity index is 1090. The van der Waals surface area contributed by atoms with Gasteiger partial charge in [0, 0.05) is 30.4 Å². The van der Waals surface area contributed by atoms with Crippen LogP contribution in [-0.4, -0.2) is 17.9 Å². The van der Waals surface area contributed by atoms with Crippen LogP contribution < -0.4 is 9.80 Å². The summed E-state index contributed by atoms with van der Waals surface area (Å²) in [6.45, 7) is 3.63. The molecule has 3 aromatic rings. The average Bonchev–Trinajstić information content (AvgIpc) is 2.79. The molecule has 3 aromatic carbocycles. The van der Waals surface area contributed by atoms with E-state index in [-0.39, 0.29) is 23.9 Å². The van der Waals surface area contributed by atoms with E-state index in [1.165, 1.54) is 0 Å². The Hall–Kier alpha value is -3.66. The van der Waals surface area contributed by atoms with Crippen molar-refractivity contribution >= 4 is 29.3 Å². The lowest BCUT2D eigenvalue weighted by Crippen LogP contribution is -2.46. The van der Waals surface area contributed by atoms with E-state index in [2.05, 4.69) is 0 Å². The van der Waals surface area contributed by atoms with Crippen LogP contribution in [0.15, 0.2) is 91.0 Å². The third kappa shape index (κ3) is 4.29. The molecule has 0 aromatic heterocycles. The molecule has 2 amide bonds. The van der Waals surface area contributed by atoms with E-state index in [4.69, 9.17) is 0 Å². The van der Waals surface area contributed by atoms with Gasteiger partial charge in [-0.05, 0) is 48.7 Å². The molecule has 0 spiro atoms. The molecule has 156 valence electrons. The van der Waals surface area contributed by atoms with E-state index in [0.717, 1.165) is 22.5 Å². The first-order valence-corrected chi connectivity index (χ1v) is 10.6. The minimum absolute atomic E-state index is 0.0139. The van der Waals surface area contributed by atoms with E-state index < -0.39 is 0 Å². The minimum Gasteiger partial charge on any atom is -0.309 e.